The topological polar surface area (TPSA) is 86.8 Å². The van der Waals surface area contributed by atoms with Crippen molar-refractivity contribution in [3.05, 3.63) is 65.2 Å². The lowest BCUT2D eigenvalue weighted by molar-refractivity contribution is -0.141. The van der Waals surface area contributed by atoms with E-state index in [1.54, 1.807) is 55.5 Å². The summed E-state index contributed by atoms with van der Waals surface area (Å²) in [4.78, 5) is 27.7. The van der Waals surface area contributed by atoms with E-state index in [0.29, 0.717) is 11.4 Å². The Morgan fingerprint density at radius 3 is 2.29 bits per heavy atom. The summed E-state index contributed by atoms with van der Waals surface area (Å²) in [7, 11) is -2.13. The summed E-state index contributed by atoms with van der Waals surface area (Å²) in [6, 6.07) is 14.6. The zero-order valence-electron chi connectivity index (χ0n) is 20.4. The number of halogens is 1. The maximum atomic E-state index is 13.2. The van der Waals surface area contributed by atoms with Crippen LogP contribution in [0.3, 0.4) is 0 Å². The highest BCUT2D eigenvalue weighted by molar-refractivity contribution is 7.89. The number of carbonyl (C=O) groups excluding carboxylic acids is 2. The molecule has 0 aromatic heterocycles. The lowest BCUT2D eigenvalue weighted by Gasteiger charge is -2.31. The second-order valence-corrected chi connectivity index (χ2v) is 11.8. The van der Waals surface area contributed by atoms with Gasteiger partial charge >= 0.3 is 0 Å². The van der Waals surface area contributed by atoms with Crippen LogP contribution < -0.4 is 5.32 Å². The Morgan fingerprint density at radius 1 is 1.06 bits per heavy atom. The van der Waals surface area contributed by atoms with E-state index in [2.05, 4.69) is 5.32 Å². The van der Waals surface area contributed by atoms with Crippen LogP contribution in [-0.2, 0) is 26.2 Å². The van der Waals surface area contributed by atoms with Crippen molar-refractivity contribution in [2.75, 3.05) is 13.6 Å². The molecule has 0 spiro atoms. The predicted molar refractivity (Wildman–Crippen MR) is 135 cm³/mol. The third kappa shape index (κ3) is 8.11. The number of nitrogens with one attached hydrogen (secondary N) is 1. The number of hydrogen-bond acceptors (Lipinski definition) is 4. The van der Waals surface area contributed by atoms with Crippen molar-refractivity contribution >= 4 is 33.4 Å². The van der Waals surface area contributed by atoms with Gasteiger partial charge < -0.3 is 10.2 Å². The normalized spacial score (nSPS) is 12.9. The summed E-state index contributed by atoms with van der Waals surface area (Å²) in [6.45, 7) is 7.72. The molecule has 2 amide bonds. The van der Waals surface area contributed by atoms with Crippen LogP contribution >= 0.6 is 11.6 Å². The van der Waals surface area contributed by atoms with Gasteiger partial charge in [-0.2, -0.15) is 0 Å². The van der Waals surface area contributed by atoms with E-state index in [4.69, 9.17) is 11.6 Å². The minimum atomic E-state index is -3.63. The van der Waals surface area contributed by atoms with Gasteiger partial charge in [0.05, 0.1) is 4.90 Å². The molecule has 34 heavy (non-hydrogen) atoms. The fourth-order valence-electron chi connectivity index (χ4n) is 3.38. The summed E-state index contributed by atoms with van der Waals surface area (Å²) < 4.78 is 26.7. The van der Waals surface area contributed by atoms with Crippen molar-refractivity contribution < 1.29 is 18.0 Å². The summed E-state index contributed by atoms with van der Waals surface area (Å²) in [5.41, 5.74) is 0.366. The van der Waals surface area contributed by atoms with E-state index in [1.165, 1.54) is 16.3 Å². The zero-order valence-corrected chi connectivity index (χ0v) is 22.0. The maximum Gasteiger partial charge on any atom is 0.242 e. The van der Waals surface area contributed by atoms with Gasteiger partial charge in [0.2, 0.25) is 21.8 Å². The Bertz CT molecular complexity index is 1080. The highest BCUT2D eigenvalue weighted by Crippen LogP contribution is 2.18. The van der Waals surface area contributed by atoms with Crippen molar-refractivity contribution in [3.8, 4) is 0 Å². The van der Waals surface area contributed by atoms with E-state index in [1.807, 2.05) is 26.8 Å². The molecule has 0 saturated carbocycles. The molecule has 0 heterocycles. The number of sulfonamides is 1. The first-order chi connectivity index (χ1) is 15.8. The molecule has 186 valence electrons. The molecule has 7 nitrogen and oxygen atoms in total. The van der Waals surface area contributed by atoms with Gasteiger partial charge in [-0.3, -0.25) is 9.59 Å². The summed E-state index contributed by atoms with van der Waals surface area (Å²) in [5, 5.41) is 3.46. The van der Waals surface area contributed by atoms with Gasteiger partial charge in [0.15, 0.2) is 0 Å². The van der Waals surface area contributed by atoms with Crippen LogP contribution in [0.2, 0.25) is 5.02 Å². The molecular formula is C25H34ClN3O4S. The van der Waals surface area contributed by atoms with Crippen molar-refractivity contribution in [1.82, 2.24) is 14.5 Å². The molecule has 2 aromatic carbocycles. The highest BCUT2D eigenvalue weighted by Gasteiger charge is 2.28. The standard InChI is InChI=1S/C25H34ClN3O4S/c1-19(24(31)27-25(2,3)4)29(18-20-11-9-12-21(26)17-20)23(30)15-10-16-28(5)34(32,33)22-13-7-6-8-14-22/h6-9,11-14,17,19H,10,15-16,18H2,1-5H3,(H,27,31). The third-order valence-electron chi connectivity index (χ3n) is 5.22. The second kappa shape index (κ2) is 11.8. The van der Waals surface area contributed by atoms with Gasteiger partial charge in [0.1, 0.15) is 6.04 Å². The Balaban J connectivity index is 2.10. The molecule has 2 aromatic rings. The van der Waals surface area contributed by atoms with Crippen LogP contribution in [0, 0.1) is 0 Å². The fourth-order valence-corrected chi connectivity index (χ4v) is 4.82. The molecule has 0 bridgehead atoms. The second-order valence-electron chi connectivity index (χ2n) is 9.31. The van der Waals surface area contributed by atoms with Crippen molar-refractivity contribution in [3.63, 3.8) is 0 Å². The van der Waals surface area contributed by atoms with E-state index in [-0.39, 0.29) is 36.2 Å². The Labute approximate surface area is 208 Å². The number of benzene rings is 2. The average Bonchev–Trinajstić information content (AvgIpc) is 2.76. The molecule has 0 radical (unpaired) electrons. The first-order valence-electron chi connectivity index (χ1n) is 11.2. The van der Waals surface area contributed by atoms with Crippen LogP contribution in [0.25, 0.3) is 0 Å². The average molecular weight is 508 g/mol. The lowest BCUT2D eigenvalue weighted by atomic mass is 10.1. The Morgan fingerprint density at radius 2 is 1.71 bits per heavy atom. The zero-order chi connectivity index (χ0) is 25.5. The number of amides is 2. The monoisotopic (exact) mass is 507 g/mol. The Kier molecular flexibility index (Phi) is 9.67. The Hall–Kier alpha value is -2.42. The number of rotatable bonds is 10. The molecule has 0 fully saturated rings. The third-order valence-corrected chi connectivity index (χ3v) is 7.33. The number of nitrogens with zero attached hydrogens (tertiary/aromatic N) is 2. The van der Waals surface area contributed by atoms with Crippen LogP contribution in [-0.4, -0.2) is 54.6 Å². The molecular weight excluding hydrogens is 474 g/mol. The molecule has 1 unspecified atom stereocenters. The van der Waals surface area contributed by atoms with Gasteiger partial charge in [0, 0.05) is 37.1 Å². The van der Waals surface area contributed by atoms with Crippen molar-refractivity contribution in [1.29, 1.82) is 0 Å². The smallest absolute Gasteiger partial charge is 0.242 e. The quantitative estimate of drug-likeness (QED) is 0.525. The van der Waals surface area contributed by atoms with Gasteiger partial charge in [0.25, 0.3) is 0 Å². The largest absolute Gasteiger partial charge is 0.350 e. The van der Waals surface area contributed by atoms with Crippen LogP contribution in [0.5, 0.6) is 0 Å². The van der Waals surface area contributed by atoms with Gasteiger partial charge in [-0.15, -0.1) is 0 Å². The van der Waals surface area contributed by atoms with Gasteiger partial charge in [-0.1, -0.05) is 41.9 Å². The minimum Gasteiger partial charge on any atom is -0.350 e. The SMILES string of the molecule is CC(C(=O)NC(C)(C)C)N(Cc1cccc(Cl)c1)C(=O)CCCN(C)S(=O)(=O)c1ccccc1. The minimum absolute atomic E-state index is 0.0996. The fraction of sp³-hybridized carbons (Fsp3) is 0.440. The molecule has 0 aliphatic carbocycles. The molecule has 0 saturated heterocycles. The maximum absolute atomic E-state index is 13.2. The van der Waals surface area contributed by atoms with E-state index in [0.717, 1.165) is 5.56 Å². The number of hydrogen-bond donors (Lipinski definition) is 1. The van der Waals surface area contributed by atoms with Crippen LogP contribution in [0.15, 0.2) is 59.5 Å². The molecule has 9 heteroatoms. The lowest BCUT2D eigenvalue weighted by Crippen LogP contribution is -2.52. The van der Waals surface area contributed by atoms with Gasteiger partial charge in [-0.25, -0.2) is 12.7 Å². The van der Waals surface area contributed by atoms with Crippen LogP contribution in [0.4, 0.5) is 0 Å². The molecule has 0 aliphatic heterocycles. The predicted octanol–water partition coefficient (Wildman–Crippen LogP) is 4.07. The van der Waals surface area contributed by atoms with Crippen molar-refractivity contribution in [2.24, 2.45) is 0 Å². The number of carbonyl (C=O) groups is 2. The highest BCUT2D eigenvalue weighted by atomic mass is 35.5. The van der Waals surface area contributed by atoms with E-state index in [9.17, 15) is 18.0 Å². The van der Waals surface area contributed by atoms with E-state index < -0.39 is 21.6 Å². The van der Waals surface area contributed by atoms with Crippen LogP contribution in [0.1, 0.15) is 46.1 Å². The molecule has 2 rings (SSSR count). The first-order valence-corrected chi connectivity index (χ1v) is 13.0. The molecule has 0 aliphatic rings. The molecule has 1 N–H and O–H groups in total. The van der Waals surface area contributed by atoms with E-state index >= 15 is 0 Å². The summed E-state index contributed by atoms with van der Waals surface area (Å²) in [5.74, 6) is -0.492. The van der Waals surface area contributed by atoms with Crippen molar-refractivity contribution in [2.45, 2.75) is 63.6 Å². The summed E-state index contributed by atoms with van der Waals surface area (Å²) >= 11 is 6.10. The first kappa shape index (κ1) is 27.8. The summed E-state index contributed by atoms with van der Waals surface area (Å²) in [6.07, 6.45) is 0.420. The van der Waals surface area contributed by atoms with Gasteiger partial charge in [-0.05, 0) is 63.9 Å². The molecule has 1 atom stereocenters.